The van der Waals surface area contributed by atoms with E-state index in [9.17, 15) is 14.9 Å². The minimum absolute atomic E-state index is 0. The standard InChI is InChI=1S/C17H25N3O3.ClH/c1-11-7-12(9-18)10-19(11)16(21)13-5-6-14(17(2,3)4)15(8-13)20(22)23;/h5-6,8,11-12H,7,9-10,18H2,1-4H3;1H. The van der Waals surface area contributed by atoms with Crippen LogP contribution in [0.4, 0.5) is 5.69 Å². The summed E-state index contributed by atoms with van der Waals surface area (Å²) in [7, 11) is 0. The highest BCUT2D eigenvalue weighted by atomic mass is 35.5. The third-order valence-electron chi connectivity index (χ3n) is 4.50. The second-order valence-electron chi connectivity index (χ2n) is 7.38. The first kappa shape index (κ1) is 20.4. The maximum atomic E-state index is 12.7. The molecule has 0 aliphatic carbocycles. The van der Waals surface area contributed by atoms with Gasteiger partial charge in [-0.3, -0.25) is 14.9 Å². The molecule has 2 atom stereocenters. The molecule has 0 aromatic heterocycles. The van der Waals surface area contributed by atoms with Crippen LogP contribution in [0.3, 0.4) is 0 Å². The number of halogens is 1. The van der Waals surface area contributed by atoms with Gasteiger partial charge in [-0.2, -0.15) is 0 Å². The Morgan fingerprint density at radius 2 is 2.04 bits per heavy atom. The highest BCUT2D eigenvalue weighted by Gasteiger charge is 2.33. The second-order valence-corrected chi connectivity index (χ2v) is 7.38. The summed E-state index contributed by atoms with van der Waals surface area (Å²) >= 11 is 0. The Morgan fingerprint density at radius 1 is 1.42 bits per heavy atom. The summed E-state index contributed by atoms with van der Waals surface area (Å²) in [6.45, 7) is 8.93. The number of likely N-dealkylation sites (tertiary alicyclic amines) is 1. The van der Waals surface area contributed by atoms with Gasteiger partial charge in [-0.25, -0.2) is 0 Å². The van der Waals surface area contributed by atoms with Crippen LogP contribution >= 0.6 is 12.4 Å². The fourth-order valence-corrected chi connectivity index (χ4v) is 3.21. The number of nitro benzene ring substituents is 1. The topological polar surface area (TPSA) is 89.5 Å². The van der Waals surface area contributed by atoms with Gasteiger partial charge in [-0.1, -0.05) is 26.8 Å². The van der Waals surface area contributed by atoms with E-state index in [-0.39, 0.29) is 35.5 Å². The summed E-state index contributed by atoms with van der Waals surface area (Å²) in [6.07, 6.45) is 0.879. The van der Waals surface area contributed by atoms with Gasteiger partial charge in [0.05, 0.1) is 4.92 Å². The molecule has 134 valence electrons. The largest absolute Gasteiger partial charge is 0.336 e. The minimum Gasteiger partial charge on any atom is -0.336 e. The van der Waals surface area contributed by atoms with Gasteiger partial charge in [-0.05, 0) is 37.3 Å². The number of nitro groups is 1. The molecule has 1 aromatic rings. The maximum Gasteiger partial charge on any atom is 0.273 e. The van der Waals surface area contributed by atoms with Crippen LogP contribution in [0.15, 0.2) is 18.2 Å². The molecule has 1 aromatic carbocycles. The highest BCUT2D eigenvalue weighted by molar-refractivity contribution is 5.95. The first-order valence-corrected chi connectivity index (χ1v) is 7.95. The van der Waals surface area contributed by atoms with E-state index in [1.807, 2.05) is 27.7 Å². The van der Waals surface area contributed by atoms with Crippen LogP contribution in [0.1, 0.15) is 50.0 Å². The van der Waals surface area contributed by atoms with Crippen LogP contribution in [0.2, 0.25) is 0 Å². The zero-order valence-electron chi connectivity index (χ0n) is 14.6. The normalized spacial score (nSPS) is 20.6. The molecule has 1 heterocycles. The number of carbonyl (C=O) groups is 1. The molecular formula is C17H26ClN3O3. The maximum absolute atomic E-state index is 12.7. The first-order valence-electron chi connectivity index (χ1n) is 7.95. The molecule has 0 saturated carbocycles. The van der Waals surface area contributed by atoms with Gasteiger partial charge >= 0.3 is 0 Å². The lowest BCUT2D eigenvalue weighted by Gasteiger charge is -2.23. The van der Waals surface area contributed by atoms with Gasteiger partial charge in [0.15, 0.2) is 0 Å². The summed E-state index contributed by atoms with van der Waals surface area (Å²) in [6, 6.07) is 4.91. The van der Waals surface area contributed by atoms with E-state index in [4.69, 9.17) is 5.73 Å². The van der Waals surface area contributed by atoms with Crippen LogP contribution < -0.4 is 5.73 Å². The van der Waals surface area contributed by atoms with Crippen LogP contribution in [-0.4, -0.2) is 34.9 Å². The fraction of sp³-hybridized carbons (Fsp3) is 0.588. The number of hydrogen-bond donors (Lipinski definition) is 1. The molecule has 2 unspecified atom stereocenters. The molecule has 2 rings (SSSR count). The average molecular weight is 356 g/mol. The molecule has 1 amide bonds. The molecular weight excluding hydrogens is 330 g/mol. The second kappa shape index (κ2) is 7.49. The molecule has 0 radical (unpaired) electrons. The van der Waals surface area contributed by atoms with E-state index < -0.39 is 4.92 Å². The number of nitrogens with zero attached hydrogens (tertiary/aromatic N) is 2. The number of nitrogens with two attached hydrogens (primary N) is 1. The van der Waals surface area contributed by atoms with E-state index in [0.717, 1.165) is 6.42 Å². The molecule has 2 N–H and O–H groups in total. The van der Waals surface area contributed by atoms with Crippen LogP contribution in [0.5, 0.6) is 0 Å². The quantitative estimate of drug-likeness (QED) is 0.666. The van der Waals surface area contributed by atoms with Crippen molar-refractivity contribution >= 4 is 24.0 Å². The van der Waals surface area contributed by atoms with Crippen molar-refractivity contribution in [3.63, 3.8) is 0 Å². The number of rotatable bonds is 3. The first-order chi connectivity index (χ1) is 10.6. The van der Waals surface area contributed by atoms with E-state index >= 15 is 0 Å². The lowest BCUT2D eigenvalue weighted by Crippen LogP contribution is -2.34. The Bertz CT molecular complexity index is 628. The molecule has 1 aliphatic rings. The number of benzene rings is 1. The van der Waals surface area contributed by atoms with E-state index in [2.05, 4.69) is 0 Å². The number of carbonyl (C=O) groups excluding carboxylic acids is 1. The van der Waals surface area contributed by atoms with Crippen molar-refractivity contribution in [1.82, 2.24) is 4.90 Å². The van der Waals surface area contributed by atoms with Gasteiger partial charge in [0, 0.05) is 29.8 Å². The third kappa shape index (κ3) is 4.05. The van der Waals surface area contributed by atoms with Crippen LogP contribution in [-0.2, 0) is 5.41 Å². The third-order valence-corrected chi connectivity index (χ3v) is 4.50. The van der Waals surface area contributed by atoms with Crippen molar-refractivity contribution < 1.29 is 9.72 Å². The summed E-state index contributed by atoms with van der Waals surface area (Å²) < 4.78 is 0. The number of hydrogen-bond acceptors (Lipinski definition) is 4. The molecule has 7 heteroatoms. The predicted octanol–water partition coefficient (Wildman–Crippen LogP) is 3.12. The Kier molecular flexibility index (Phi) is 6.36. The Hall–Kier alpha value is -1.66. The summed E-state index contributed by atoms with van der Waals surface area (Å²) in [5.41, 5.74) is 6.36. The van der Waals surface area contributed by atoms with Gasteiger partial charge in [0.2, 0.25) is 0 Å². The fourth-order valence-electron chi connectivity index (χ4n) is 3.21. The lowest BCUT2D eigenvalue weighted by atomic mass is 9.85. The van der Waals surface area contributed by atoms with E-state index in [0.29, 0.717) is 30.1 Å². The monoisotopic (exact) mass is 355 g/mol. The van der Waals surface area contributed by atoms with E-state index in [1.54, 1.807) is 17.0 Å². The molecule has 0 bridgehead atoms. The van der Waals surface area contributed by atoms with Crippen molar-refractivity contribution in [3.05, 3.63) is 39.4 Å². The van der Waals surface area contributed by atoms with Crippen LogP contribution in [0, 0.1) is 16.0 Å². The highest BCUT2D eigenvalue weighted by Crippen LogP contribution is 2.33. The van der Waals surface area contributed by atoms with Gasteiger partial charge in [0.1, 0.15) is 0 Å². The van der Waals surface area contributed by atoms with Gasteiger partial charge < -0.3 is 10.6 Å². The molecule has 24 heavy (non-hydrogen) atoms. The van der Waals surface area contributed by atoms with Crippen molar-refractivity contribution in [2.24, 2.45) is 11.7 Å². The van der Waals surface area contributed by atoms with Crippen LogP contribution in [0.25, 0.3) is 0 Å². The Morgan fingerprint density at radius 3 is 2.50 bits per heavy atom. The molecule has 1 aliphatic heterocycles. The summed E-state index contributed by atoms with van der Waals surface area (Å²) in [5.74, 6) is 0.148. The number of amides is 1. The van der Waals surface area contributed by atoms with E-state index in [1.165, 1.54) is 6.07 Å². The molecule has 1 saturated heterocycles. The van der Waals surface area contributed by atoms with Crippen molar-refractivity contribution in [3.8, 4) is 0 Å². The zero-order chi connectivity index (χ0) is 17.4. The summed E-state index contributed by atoms with van der Waals surface area (Å²) in [5, 5.41) is 11.4. The van der Waals surface area contributed by atoms with Crippen molar-refractivity contribution in [1.29, 1.82) is 0 Å². The Labute approximate surface area is 149 Å². The molecule has 0 spiro atoms. The lowest BCUT2D eigenvalue weighted by molar-refractivity contribution is -0.386. The summed E-state index contributed by atoms with van der Waals surface area (Å²) in [4.78, 5) is 25.5. The zero-order valence-corrected chi connectivity index (χ0v) is 15.4. The SMILES string of the molecule is CC1CC(CN)CN1C(=O)c1ccc(C(C)(C)C)c([N+](=O)[O-])c1.Cl. The van der Waals surface area contributed by atoms with Crippen molar-refractivity contribution in [2.75, 3.05) is 13.1 Å². The van der Waals surface area contributed by atoms with Gasteiger partial charge in [0.25, 0.3) is 11.6 Å². The molecule has 1 fully saturated rings. The van der Waals surface area contributed by atoms with Crippen molar-refractivity contribution in [2.45, 2.75) is 45.6 Å². The smallest absolute Gasteiger partial charge is 0.273 e. The minimum atomic E-state index is -0.409. The average Bonchev–Trinajstić information content (AvgIpc) is 2.86. The Balaban J connectivity index is 0.00000288. The molecule has 6 nitrogen and oxygen atoms in total. The van der Waals surface area contributed by atoms with Gasteiger partial charge in [-0.15, -0.1) is 12.4 Å². The predicted molar refractivity (Wildman–Crippen MR) is 96.7 cm³/mol.